The molecule has 4 rings (SSSR count). The molecular formula is C27H34ClN3O3. The topological polar surface area (TPSA) is 61.9 Å². The summed E-state index contributed by atoms with van der Waals surface area (Å²) in [5.74, 6) is 1.07. The van der Waals surface area contributed by atoms with Crippen molar-refractivity contribution in [2.45, 2.75) is 44.9 Å². The Bertz CT molecular complexity index is 1000. The van der Waals surface area contributed by atoms with Gasteiger partial charge in [0, 0.05) is 30.2 Å². The molecule has 0 radical (unpaired) electrons. The number of nitrogens with zero attached hydrogens (tertiary/aromatic N) is 2. The van der Waals surface area contributed by atoms with Crippen molar-refractivity contribution < 1.29 is 14.3 Å². The monoisotopic (exact) mass is 483 g/mol. The molecule has 34 heavy (non-hydrogen) atoms. The number of likely N-dealkylation sites (tertiary alicyclic amines) is 1. The summed E-state index contributed by atoms with van der Waals surface area (Å²) in [6.07, 6.45) is 5.19. The zero-order valence-corrected chi connectivity index (χ0v) is 20.7. The van der Waals surface area contributed by atoms with Crippen molar-refractivity contribution in [3.8, 4) is 5.75 Å². The zero-order chi connectivity index (χ0) is 23.9. The van der Waals surface area contributed by atoms with Gasteiger partial charge in [0.25, 0.3) is 11.8 Å². The number of nitrogens with one attached hydrogen (secondary N) is 1. The molecule has 2 amide bonds. The minimum atomic E-state index is -0.0273. The molecule has 0 bridgehead atoms. The molecule has 1 fully saturated rings. The van der Waals surface area contributed by atoms with Crippen molar-refractivity contribution in [3.05, 3.63) is 58.6 Å². The minimum absolute atomic E-state index is 0.00402. The van der Waals surface area contributed by atoms with Crippen LogP contribution in [0.2, 0.25) is 5.02 Å². The summed E-state index contributed by atoms with van der Waals surface area (Å²) in [7, 11) is 0. The van der Waals surface area contributed by atoms with E-state index < -0.39 is 0 Å². The van der Waals surface area contributed by atoms with Crippen LogP contribution >= 0.6 is 11.6 Å². The number of ether oxygens (including phenoxy) is 1. The molecule has 2 aromatic rings. The summed E-state index contributed by atoms with van der Waals surface area (Å²) in [6, 6.07) is 13.4. The van der Waals surface area contributed by atoms with E-state index in [1.807, 2.05) is 41.3 Å². The maximum atomic E-state index is 12.9. The van der Waals surface area contributed by atoms with E-state index in [1.165, 1.54) is 0 Å². The lowest BCUT2D eigenvalue weighted by Crippen LogP contribution is -2.45. The maximum absolute atomic E-state index is 12.9. The first kappa shape index (κ1) is 24.6. The first-order valence-electron chi connectivity index (χ1n) is 12.4. The normalized spacial score (nSPS) is 16.8. The Balaban J connectivity index is 1.34. The summed E-state index contributed by atoms with van der Waals surface area (Å²) in [4.78, 5) is 29.6. The predicted molar refractivity (Wildman–Crippen MR) is 136 cm³/mol. The van der Waals surface area contributed by atoms with Crippen LogP contribution in [-0.4, -0.2) is 56.0 Å². The smallest absolute Gasteiger partial charge is 0.265 e. The number of carbonyl (C=O) groups is 2. The van der Waals surface area contributed by atoms with E-state index in [0.29, 0.717) is 29.6 Å². The Morgan fingerprint density at radius 2 is 1.91 bits per heavy atom. The van der Waals surface area contributed by atoms with Gasteiger partial charge in [0.1, 0.15) is 5.75 Å². The second kappa shape index (κ2) is 11.7. The van der Waals surface area contributed by atoms with Crippen LogP contribution in [0.3, 0.4) is 0 Å². The Kier molecular flexibility index (Phi) is 8.46. The zero-order valence-electron chi connectivity index (χ0n) is 19.9. The summed E-state index contributed by atoms with van der Waals surface area (Å²) >= 11 is 6.24. The van der Waals surface area contributed by atoms with Crippen molar-refractivity contribution in [3.63, 3.8) is 0 Å². The van der Waals surface area contributed by atoms with Gasteiger partial charge in [-0.25, -0.2) is 0 Å². The highest BCUT2D eigenvalue weighted by Crippen LogP contribution is 2.33. The van der Waals surface area contributed by atoms with Crippen LogP contribution in [0, 0.1) is 0 Å². The van der Waals surface area contributed by atoms with Crippen LogP contribution in [0.4, 0.5) is 5.69 Å². The molecule has 2 aromatic carbocycles. The van der Waals surface area contributed by atoms with E-state index >= 15 is 0 Å². The molecule has 6 nitrogen and oxygen atoms in total. The maximum Gasteiger partial charge on any atom is 0.265 e. The number of piperidine rings is 1. The van der Waals surface area contributed by atoms with Crippen LogP contribution in [0.5, 0.6) is 5.75 Å². The van der Waals surface area contributed by atoms with Crippen LogP contribution < -0.4 is 15.0 Å². The molecule has 0 unspecified atom stereocenters. The molecule has 0 atom stereocenters. The number of rotatable bonds is 9. The fraction of sp³-hybridized carbons (Fsp3) is 0.481. The van der Waals surface area contributed by atoms with Gasteiger partial charge in [-0.3, -0.25) is 9.59 Å². The van der Waals surface area contributed by atoms with E-state index in [2.05, 4.69) is 17.1 Å². The standard InChI is InChI=1S/C27H34ClN3O3/c1-2-3-6-13-29-27(33)23-18-21(28)9-10-22(23)20-11-14-30(15-12-20)16-17-31-24-7-4-5-8-25(24)34-19-26(31)32/h4-5,7-10,18,20H,2-3,6,11-17,19H2,1H3,(H,29,33). The second-order valence-electron chi connectivity index (χ2n) is 9.11. The Morgan fingerprint density at radius 1 is 1.12 bits per heavy atom. The minimum Gasteiger partial charge on any atom is -0.482 e. The number of unbranched alkanes of at least 4 members (excludes halogenated alkanes) is 2. The van der Waals surface area contributed by atoms with Crippen LogP contribution in [0.25, 0.3) is 0 Å². The lowest BCUT2D eigenvalue weighted by molar-refractivity contribution is -0.121. The molecule has 7 heteroatoms. The fourth-order valence-electron chi connectivity index (χ4n) is 4.86. The van der Waals surface area contributed by atoms with Crippen molar-refractivity contribution in [1.82, 2.24) is 10.2 Å². The molecule has 0 spiro atoms. The number of fused-ring (bicyclic) bond motifs is 1. The third-order valence-corrected chi connectivity index (χ3v) is 7.04. The summed E-state index contributed by atoms with van der Waals surface area (Å²) in [6.45, 7) is 6.28. The van der Waals surface area contributed by atoms with E-state index in [9.17, 15) is 9.59 Å². The Labute approximate surface area is 207 Å². The molecule has 0 aliphatic carbocycles. The molecule has 2 aliphatic rings. The molecule has 1 N–H and O–H groups in total. The summed E-state index contributed by atoms with van der Waals surface area (Å²) in [5.41, 5.74) is 2.65. The lowest BCUT2D eigenvalue weighted by atomic mass is 9.86. The number of halogens is 1. The van der Waals surface area contributed by atoms with Gasteiger partial charge in [0.2, 0.25) is 0 Å². The molecule has 0 saturated carbocycles. The van der Waals surface area contributed by atoms with Gasteiger partial charge in [0.15, 0.2) is 6.61 Å². The number of amides is 2. The molecule has 2 heterocycles. The van der Waals surface area contributed by atoms with Gasteiger partial charge in [-0.2, -0.15) is 0 Å². The van der Waals surface area contributed by atoms with Gasteiger partial charge in [0.05, 0.1) is 5.69 Å². The van der Waals surface area contributed by atoms with Crippen LogP contribution in [0.15, 0.2) is 42.5 Å². The number of hydrogen-bond acceptors (Lipinski definition) is 4. The first-order chi connectivity index (χ1) is 16.6. The number of benzene rings is 2. The van der Waals surface area contributed by atoms with Crippen molar-refractivity contribution in [1.29, 1.82) is 0 Å². The second-order valence-corrected chi connectivity index (χ2v) is 9.55. The van der Waals surface area contributed by atoms with Crippen LogP contribution in [0.1, 0.15) is 60.9 Å². The lowest BCUT2D eigenvalue weighted by Gasteiger charge is -2.35. The van der Waals surface area contributed by atoms with E-state index in [4.69, 9.17) is 16.3 Å². The van der Waals surface area contributed by atoms with Gasteiger partial charge in [-0.15, -0.1) is 0 Å². The molecule has 2 aliphatic heterocycles. The van der Waals surface area contributed by atoms with Crippen molar-refractivity contribution in [2.24, 2.45) is 0 Å². The van der Waals surface area contributed by atoms with Gasteiger partial charge >= 0.3 is 0 Å². The highest BCUT2D eigenvalue weighted by Gasteiger charge is 2.28. The number of carbonyl (C=O) groups excluding carboxylic acids is 2. The highest BCUT2D eigenvalue weighted by atomic mass is 35.5. The first-order valence-corrected chi connectivity index (χ1v) is 12.8. The highest BCUT2D eigenvalue weighted by molar-refractivity contribution is 6.31. The fourth-order valence-corrected chi connectivity index (χ4v) is 5.03. The quantitative estimate of drug-likeness (QED) is 0.517. The van der Waals surface area contributed by atoms with E-state index in [-0.39, 0.29) is 18.4 Å². The van der Waals surface area contributed by atoms with Gasteiger partial charge in [-0.1, -0.05) is 49.6 Å². The molecule has 0 aromatic heterocycles. The Morgan fingerprint density at radius 3 is 2.71 bits per heavy atom. The van der Waals surface area contributed by atoms with Gasteiger partial charge < -0.3 is 19.9 Å². The average Bonchev–Trinajstić information content (AvgIpc) is 2.86. The average molecular weight is 484 g/mol. The van der Waals surface area contributed by atoms with Gasteiger partial charge in [-0.05, 0) is 68.1 Å². The number of anilines is 1. The largest absolute Gasteiger partial charge is 0.482 e. The van der Waals surface area contributed by atoms with Crippen molar-refractivity contribution >= 4 is 29.1 Å². The van der Waals surface area contributed by atoms with E-state index in [0.717, 1.165) is 68.7 Å². The van der Waals surface area contributed by atoms with Crippen LogP contribution in [-0.2, 0) is 4.79 Å². The Hall–Kier alpha value is -2.57. The third kappa shape index (κ3) is 5.91. The summed E-state index contributed by atoms with van der Waals surface area (Å²) in [5, 5.41) is 3.66. The predicted octanol–water partition coefficient (Wildman–Crippen LogP) is 4.87. The molecule has 182 valence electrons. The molecular weight excluding hydrogens is 450 g/mol. The summed E-state index contributed by atoms with van der Waals surface area (Å²) < 4.78 is 5.55. The molecule has 1 saturated heterocycles. The SMILES string of the molecule is CCCCCNC(=O)c1cc(Cl)ccc1C1CCN(CCN2C(=O)COc3ccccc32)CC1. The van der Waals surface area contributed by atoms with E-state index in [1.54, 1.807) is 6.07 Å². The third-order valence-electron chi connectivity index (χ3n) is 6.80. The number of para-hydroxylation sites is 2. The van der Waals surface area contributed by atoms with Crippen molar-refractivity contribution in [2.75, 3.05) is 44.2 Å². The number of hydrogen-bond donors (Lipinski definition) is 1.